The smallest absolute Gasteiger partial charge is 0.191 e. The summed E-state index contributed by atoms with van der Waals surface area (Å²) in [4.78, 5) is 13.5. The number of nitrogens with one attached hydrogen (secondary N) is 3. The number of hydrogen-bond donors (Lipinski definition) is 3. The molecule has 2 aromatic heterocycles. The van der Waals surface area contributed by atoms with E-state index in [4.69, 9.17) is 4.99 Å². The molecule has 4 aromatic rings. The molecule has 170 valence electrons. The third-order valence-electron chi connectivity index (χ3n) is 5.42. The molecule has 8 nitrogen and oxygen atoms in total. The molecule has 4 rings (SSSR count). The third-order valence-corrected chi connectivity index (χ3v) is 5.42. The molecule has 3 N–H and O–H groups in total. The number of aromatic nitrogens is 4. The summed E-state index contributed by atoms with van der Waals surface area (Å²) in [5.41, 5.74) is 3.33. The molecule has 0 aliphatic rings. The maximum absolute atomic E-state index is 4.89. The molecule has 0 aliphatic heterocycles. The van der Waals surface area contributed by atoms with E-state index in [1.54, 1.807) is 17.2 Å². The van der Waals surface area contributed by atoms with Gasteiger partial charge in [-0.05, 0) is 18.1 Å². The lowest BCUT2D eigenvalue weighted by Gasteiger charge is -2.18. The van der Waals surface area contributed by atoms with Gasteiger partial charge in [0.15, 0.2) is 11.6 Å². The lowest BCUT2D eigenvalue weighted by molar-refractivity contribution is 0.777. The Bertz CT molecular complexity index is 1130. The molecular weight excluding hydrogens is 412 g/mol. The van der Waals surface area contributed by atoms with Crippen molar-refractivity contribution in [1.29, 1.82) is 0 Å². The van der Waals surface area contributed by atoms with Gasteiger partial charge in [-0.1, -0.05) is 60.7 Å². The molecule has 0 radical (unpaired) electrons. The molecule has 0 amide bonds. The van der Waals surface area contributed by atoms with E-state index >= 15 is 0 Å². The molecule has 8 heteroatoms. The van der Waals surface area contributed by atoms with Crippen LogP contribution in [0.1, 0.15) is 24.0 Å². The fraction of sp³-hybridized carbons (Fsp3) is 0.280. The summed E-state index contributed by atoms with van der Waals surface area (Å²) in [6.45, 7) is 4.90. The van der Waals surface area contributed by atoms with Crippen molar-refractivity contribution in [2.24, 2.45) is 12.0 Å². The van der Waals surface area contributed by atoms with Crippen LogP contribution in [0.5, 0.6) is 0 Å². The first kappa shape index (κ1) is 22.3. The van der Waals surface area contributed by atoms with Crippen LogP contribution in [0.3, 0.4) is 0 Å². The van der Waals surface area contributed by atoms with Gasteiger partial charge >= 0.3 is 0 Å². The number of rotatable bonds is 9. The molecule has 0 saturated heterocycles. The van der Waals surface area contributed by atoms with Gasteiger partial charge in [-0.25, -0.2) is 9.97 Å². The van der Waals surface area contributed by atoms with Crippen molar-refractivity contribution >= 4 is 22.8 Å². The van der Waals surface area contributed by atoms with Gasteiger partial charge in [0, 0.05) is 32.6 Å². The Hall–Kier alpha value is -3.94. The Balaban J connectivity index is 1.40. The maximum Gasteiger partial charge on any atom is 0.191 e. The van der Waals surface area contributed by atoms with Gasteiger partial charge in [0.05, 0.1) is 18.1 Å². The van der Waals surface area contributed by atoms with Gasteiger partial charge in [0.25, 0.3) is 0 Å². The van der Waals surface area contributed by atoms with Gasteiger partial charge in [-0.15, -0.1) is 0 Å². The molecule has 0 saturated carbocycles. The Morgan fingerprint density at radius 3 is 2.30 bits per heavy atom. The quantitative estimate of drug-likeness (QED) is 0.210. The molecule has 0 spiro atoms. The van der Waals surface area contributed by atoms with Crippen molar-refractivity contribution in [3.05, 3.63) is 84.3 Å². The lowest BCUT2D eigenvalue weighted by atomic mass is 9.91. The van der Waals surface area contributed by atoms with Crippen molar-refractivity contribution < 1.29 is 0 Å². The average molecular weight is 443 g/mol. The van der Waals surface area contributed by atoms with Crippen LogP contribution in [0, 0.1) is 0 Å². The highest BCUT2D eigenvalue weighted by molar-refractivity contribution is 5.86. The van der Waals surface area contributed by atoms with Gasteiger partial charge < -0.3 is 16.0 Å². The zero-order valence-electron chi connectivity index (χ0n) is 19.1. The van der Waals surface area contributed by atoms with Gasteiger partial charge in [-0.2, -0.15) is 5.10 Å². The van der Waals surface area contributed by atoms with Crippen LogP contribution >= 0.6 is 0 Å². The topological polar surface area (TPSA) is 92.1 Å². The molecule has 0 bridgehead atoms. The highest BCUT2D eigenvalue weighted by Crippen LogP contribution is 2.24. The van der Waals surface area contributed by atoms with E-state index < -0.39 is 0 Å². The van der Waals surface area contributed by atoms with Crippen molar-refractivity contribution in [2.45, 2.75) is 12.8 Å². The minimum Gasteiger partial charge on any atom is -0.368 e. The molecule has 2 heterocycles. The van der Waals surface area contributed by atoms with E-state index in [1.807, 2.05) is 19.2 Å². The van der Waals surface area contributed by atoms with Crippen LogP contribution in [0.25, 0.3) is 11.0 Å². The summed E-state index contributed by atoms with van der Waals surface area (Å²) in [5, 5.41) is 15.3. The molecule has 0 unspecified atom stereocenters. The first-order valence-corrected chi connectivity index (χ1v) is 11.2. The fourth-order valence-electron chi connectivity index (χ4n) is 3.76. The number of anilines is 1. The van der Waals surface area contributed by atoms with Crippen molar-refractivity contribution in [3.8, 4) is 0 Å². The van der Waals surface area contributed by atoms with E-state index in [0.717, 1.165) is 29.4 Å². The predicted octanol–water partition coefficient (Wildman–Crippen LogP) is 3.16. The Kier molecular flexibility index (Phi) is 7.48. The number of aliphatic imine (C=N–C) groups is 1. The second-order valence-corrected chi connectivity index (χ2v) is 7.67. The lowest BCUT2D eigenvalue weighted by Crippen LogP contribution is -2.39. The van der Waals surface area contributed by atoms with Gasteiger partial charge in [0.1, 0.15) is 12.1 Å². The van der Waals surface area contributed by atoms with E-state index in [-0.39, 0.29) is 5.92 Å². The molecule has 33 heavy (non-hydrogen) atoms. The van der Waals surface area contributed by atoms with Gasteiger partial charge in [-0.3, -0.25) is 9.67 Å². The number of hydrogen-bond acceptors (Lipinski definition) is 5. The van der Waals surface area contributed by atoms with Crippen LogP contribution in [0.4, 0.5) is 5.82 Å². The first-order chi connectivity index (χ1) is 16.3. The summed E-state index contributed by atoms with van der Waals surface area (Å²) in [6.07, 6.45) is 3.34. The van der Waals surface area contributed by atoms with Crippen LogP contribution in [0.2, 0.25) is 0 Å². The molecule has 0 aliphatic carbocycles. The van der Waals surface area contributed by atoms with E-state index in [2.05, 4.69) is 86.5 Å². The molecule has 2 aromatic carbocycles. The second kappa shape index (κ2) is 11.1. The highest BCUT2D eigenvalue weighted by atomic mass is 15.3. The van der Waals surface area contributed by atoms with Crippen molar-refractivity contribution in [1.82, 2.24) is 30.4 Å². The highest BCUT2D eigenvalue weighted by Gasteiger charge is 2.14. The van der Waals surface area contributed by atoms with E-state index in [0.29, 0.717) is 19.6 Å². The van der Waals surface area contributed by atoms with Crippen molar-refractivity contribution in [2.75, 3.05) is 31.5 Å². The summed E-state index contributed by atoms with van der Waals surface area (Å²) in [5.74, 6) is 1.77. The number of nitrogens with zero attached hydrogens (tertiary/aromatic N) is 5. The SMILES string of the molecule is CCNC(=NCC(c1ccccc1)c1ccccc1)NCCNc1ncnc2c1cnn2C. The first-order valence-electron chi connectivity index (χ1n) is 11.2. The zero-order valence-corrected chi connectivity index (χ0v) is 19.1. The number of fused-ring (bicyclic) bond motifs is 1. The fourth-order valence-corrected chi connectivity index (χ4v) is 3.76. The monoisotopic (exact) mass is 442 g/mol. The molecular formula is C25H30N8. The Morgan fingerprint density at radius 2 is 1.64 bits per heavy atom. The second-order valence-electron chi connectivity index (χ2n) is 7.67. The largest absolute Gasteiger partial charge is 0.368 e. The minimum atomic E-state index is 0.195. The third kappa shape index (κ3) is 5.65. The maximum atomic E-state index is 4.89. The Morgan fingerprint density at radius 1 is 0.939 bits per heavy atom. The Labute approximate surface area is 194 Å². The molecule has 0 fully saturated rings. The number of guanidine groups is 1. The van der Waals surface area contributed by atoms with Gasteiger partial charge in [0.2, 0.25) is 0 Å². The average Bonchev–Trinajstić information content (AvgIpc) is 3.24. The zero-order chi connectivity index (χ0) is 22.9. The number of aryl methyl sites for hydroxylation is 1. The number of benzene rings is 2. The standard InChI is InChI=1S/C25H30N8/c1-3-26-25(28-15-14-27-23-22-17-32-33(2)24(22)31-18-30-23)29-16-21(19-10-6-4-7-11-19)20-12-8-5-9-13-20/h4-13,17-18,21H,3,14-16H2,1-2H3,(H2,26,28,29)(H,27,30,31). The summed E-state index contributed by atoms with van der Waals surface area (Å²) in [6, 6.07) is 21.1. The van der Waals surface area contributed by atoms with Crippen LogP contribution in [-0.2, 0) is 7.05 Å². The van der Waals surface area contributed by atoms with Crippen LogP contribution < -0.4 is 16.0 Å². The van der Waals surface area contributed by atoms with E-state index in [9.17, 15) is 0 Å². The van der Waals surface area contributed by atoms with Crippen LogP contribution in [-0.4, -0.2) is 51.9 Å². The van der Waals surface area contributed by atoms with Crippen molar-refractivity contribution in [3.63, 3.8) is 0 Å². The van der Waals surface area contributed by atoms with E-state index in [1.165, 1.54) is 11.1 Å². The minimum absolute atomic E-state index is 0.195. The summed E-state index contributed by atoms with van der Waals surface area (Å²) < 4.78 is 1.74. The predicted molar refractivity (Wildman–Crippen MR) is 134 cm³/mol. The van der Waals surface area contributed by atoms with Crippen LogP contribution in [0.15, 0.2) is 78.2 Å². The molecule has 0 atom stereocenters. The summed E-state index contributed by atoms with van der Waals surface area (Å²) in [7, 11) is 1.87. The summed E-state index contributed by atoms with van der Waals surface area (Å²) >= 11 is 0. The normalized spacial score (nSPS) is 11.7.